The third-order valence-electron chi connectivity index (χ3n) is 3.84. The van der Waals surface area contributed by atoms with Crippen LogP contribution in [0.1, 0.15) is 6.92 Å². The monoisotopic (exact) mass is 439 g/mol. The Hall–Kier alpha value is -3.74. The second-order valence-corrected chi connectivity index (χ2v) is 7.55. The van der Waals surface area contributed by atoms with Gasteiger partial charge in [-0.3, -0.25) is 29.3 Å². The molecule has 30 heavy (non-hydrogen) atoms. The average molecular weight is 439 g/mol. The minimum Gasteiger partial charge on any atom is -0.495 e. The number of carbonyl (C=O) groups excluding carboxylic acids is 1. The topological polar surface area (TPSA) is 159 Å². The van der Waals surface area contributed by atoms with Crippen LogP contribution in [0.4, 0.5) is 17.1 Å². The summed E-state index contributed by atoms with van der Waals surface area (Å²) in [6, 6.07) is 7.38. The molecule has 0 atom stereocenters. The number of anilines is 1. The summed E-state index contributed by atoms with van der Waals surface area (Å²) in [7, 11) is -3.36. The van der Waals surface area contributed by atoms with Crippen LogP contribution in [-0.2, 0) is 19.6 Å². The van der Waals surface area contributed by atoms with Crippen LogP contribution in [0.3, 0.4) is 0 Å². The first-order valence-electron chi connectivity index (χ1n) is 8.37. The van der Waals surface area contributed by atoms with Crippen LogP contribution in [0, 0.1) is 20.2 Å². The lowest BCUT2D eigenvalue weighted by molar-refractivity contribution is -0.385. The van der Waals surface area contributed by atoms with Gasteiger partial charge in [0, 0.05) is 24.3 Å². The van der Waals surface area contributed by atoms with Gasteiger partial charge in [0.1, 0.15) is 18.0 Å². The van der Waals surface area contributed by atoms with Crippen molar-refractivity contribution >= 4 is 33.1 Å². The summed E-state index contributed by atoms with van der Waals surface area (Å²) in [4.78, 5) is 32.3. The summed E-state index contributed by atoms with van der Waals surface area (Å²) in [6.07, 6.45) is 0. The van der Waals surface area contributed by atoms with E-state index in [1.54, 1.807) is 0 Å². The molecule has 2 rings (SSSR count). The number of esters is 1. The zero-order valence-corrected chi connectivity index (χ0v) is 16.7. The maximum atomic E-state index is 13.3. The fraction of sp³-hybridized carbons (Fsp3) is 0.235. The lowest BCUT2D eigenvalue weighted by Gasteiger charge is -2.25. The molecule has 0 aliphatic rings. The zero-order chi connectivity index (χ0) is 22.5. The maximum Gasteiger partial charge on any atom is 0.326 e. The van der Waals surface area contributed by atoms with E-state index in [0.717, 1.165) is 36.4 Å². The Kier molecular flexibility index (Phi) is 6.89. The number of carbonyl (C=O) groups is 1. The van der Waals surface area contributed by atoms with Gasteiger partial charge in [-0.25, -0.2) is 8.42 Å². The Morgan fingerprint density at radius 3 is 2.27 bits per heavy atom. The number of benzene rings is 2. The predicted octanol–water partition coefficient (Wildman–Crippen LogP) is 2.27. The molecule has 0 amide bonds. The quantitative estimate of drug-likeness (QED) is 0.324. The Morgan fingerprint density at radius 2 is 1.70 bits per heavy atom. The second kappa shape index (κ2) is 9.17. The van der Waals surface area contributed by atoms with Gasteiger partial charge in [-0.05, 0) is 19.1 Å². The van der Waals surface area contributed by atoms with Crippen LogP contribution in [0.2, 0.25) is 0 Å². The van der Waals surface area contributed by atoms with Crippen molar-refractivity contribution in [1.29, 1.82) is 0 Å². The van der Waals surface area contributed by atoms with E-state index in [0.29, 0.717) is 4.31 Å². The Bertz CT molecular complexity index is 1090. The average Bonchev–Trinajstić information content (AvgIpc) is 2.71. The second-order valence-electron chi connectivity index (χ2n) is 5.68. The molecule has 0 aromatic heterocycles. The van der Waals surface area contributed by atoms with Crippen molar-refractivity contribution in [3.8, 4) is 5.75 Å². The molecule has 0 bridgehead atoms. The number of hydrogen-bond donors (Lipinski definition) is 0. The highest BCUT2D eigenvalue weighted by Gasteiger charge is 2.32. The van der Waals surface area contributed by atoms with Gasteiger partial charge < -0.3 is 9.47 Å². The highest BCUT2D eigenvalue weighted by atomic mass is 32.2. The molecule has 160 valence electrons. The lowest BCUT2D eigenvalue weighted by Crippen LogP contribution is -2.37. The van der Waals surface area contributed by atoms with E-state index >= 15 is 0 Å². The van der Waals surface area contributed by atoms with E-state index in [4.69, 9.17) is 9.47 Å². The lowest BCUT2D eigenvalue weighted by atomic mass is 10.2. The fourth-order valence-corrected chi connectivity index (χ4v) is 3.95. The summed E-state index contributed by atoms with van der Waals surface area (Å²) in [6.45, 7) is 0.650. The largest absolute Gasteiger partial charge is 0.495 e. The van der Waals surface area contributed by atoms with E-state index in [-0.39, 0.29) is 18.0 Å². The minimum absolute atomic E-state index is 0.0321. The molecule has 2 aromatic rings. The number of ether oxygens (including phenoxy) is 2. The van der Waals surface area contributed by atoms with Crippen LogP contribution in [-0.4, -0.2) is 44.5 Å². The molecule has 0 aliphatic carbocycles. The van der Waals surface area contributed by atoms with Gasteiger partial charge in [-0.2, -0.15) is 0 Å². The van der Waals surface area contributed by atoms with Gasteiger partial charge in [-0.1, -0.05) is 6.07 Å². The van der Waals surface area contributed by atoms with Gasteiger partial charge in [0.25, 0.3) is 21.4 Å². The fourth-order valence-electron chi connectivity index (χ4n) is 2.50. The van der Waals surface area contributed by atoms with E-state index in [2.05, 4.69) is 0 Å². The van der Waals surface area contributed by atoms with Gasteiger partial charge in [-0.15, -0.1) is 0 Å². The van der Waals surface area contributed by atoms with E-state index in [1.807, 2.05) is 0 Å². The third kappa shape index (κ3) is 4.81. The molecular weight excluding hydrogens is 422 g/mol. The first kappa shape index (κ1) is 22.5. The number of hydrogen-bond acceptors (Lipinski definition) is 9. The molecule has 0 N–H and O–H groups in total. The number of nitro groups is 2. The van der Waals surface area contributed by atoms with Crippen LogP contribution in [0.5, 0.6) is 5.75 Å². The molecule has 13 heteroatoms. The highest BCUT2D eigenvalue weighted by Crippen LogP contribution is 2.36. The van der Waals surface area contributed by atoms with Gasteiger partial charge in [0.2, 0.25) is 0 Å². The number of rotatable bonds is 9. The van der Waals surface area contributed by atoms with Crippen molar-refractivity contribution in [2.24, 2.45) is 0 Å². The van der Waals surface area contributed by atoms with Crippen molar-refractivity contribution in [2.75, 3.05) is 24.6 Å². The number of non-ortho nitro benzene ring substituents is 2. The standard InChI is InChI=1S/C17H17N3O9S/c1-3-29-17(21)11-18(15-10-13(20(24)25)7-8-16(15)28-2)30(26,27)14-6-4-5-12(9-14)19(22)23/h4-10H,3,11H2,1-2H3. The number of nitro benzene ring substituents is 2. The molecule has 2 aromatic carbocycles. The van der Waals surface area contributed by atoms with Crippen LogP contribution >= 0.6 is 0 Å². The van der Waals surface area contributed by atoms with Crippen LogP contribution in [0.25, 0.3) is 0 Å². The zero-order valence-electron chi connectivity index (χ0n) is 15.9. The van der Waals surface area contributed by atoms with Crippen molar-refractivity contribution in [3.05, 3.63) is 62.7 Å². The van der Waals surface area contributed by atoms with Crippen LogP contribution < -0.4 is 9.04 Å². The number of nitrogens with zero attached hydrogens (tertiary/aromatic N) is 3. The van der Waals surface area contributed by atoms with Gasteiger partial charge in [0.05, 0.1) is 28.5 Å². The van der Waals surface area contributed by atoms with E-state index in [9.17, 15) is 33.4 Å². The van der Waals surface area contributed by atoms with Crippen molar-refractivity contribution in [2.45, 2.75) is 11.8 Å². The predicted molar refractivity (Wildman–Crippen MR) is 104 cm³/mol. The molecule has 0 fully saturated rings. The molecule has 0 heterocycles. The highest BCUT2D eigenvalue weighted by molar-refractivity contribution is 7.92. The molecule has 0 unspecified atom stereocenters. The molecule has 0 radical (unpaired) electrons. The summed E-state index contributed by atoms with van der Waals surface area (Å²) in [5.74, 6) is -1.00. The SMILES string of the molecule is CCOC(=O)CN(c1cc([N+](=O)[O-])ccc1OC)S(=O)(=O)c1cccc([N+](=O)[O-])c1. The normalized spacial score (nSPS) is 10.9. The Balaban J connectivity index is 2.71. The summed E-state index contributed by atoms with van der Waals surface area (Å²) >= 11 is 0. The molecule has 0 saturated carbocycles. The summed E-state index contributed by atoms with van der Waals surface area (Å²) in [5, 5.41) is 22.2. The Labute approximate surface area is 171 Å². The van der Waals surface area contributed by atoms with Crippen LogP contribution in [0.15, 0.2) is 47.4 Å². The molecular formula is C17H17N3O9S. The Morgan fingerprint density at radius 1 is 1.07 bits per heavy atom. The summed E-state index contributed by atoms with van der Waals surface area (Å²) in [5.41, 5.74) is -1.24. The van der Waals surface area contributed by atoms with Crippen molar-refractivity contribution in [3.63, 3.8) is 0 Å². The first-order chi connectivity index (χ1) is 14.1. The van der Waals surface area contributed by atoms with Crippen molar-refractivity contribution in [1.82, 2.24) is 0 Å². The van der Waals surface area contributed by atoms with E-state index in [1.165, 1.54) is 20.1 Å². The first-order valence-corrected chi connectivity index (χ1v) is 9.81. The molecule has 0 saturated heterocycles. The molecule has 0 spiro atoms. The third-order valence-corrected chi connectivity index (χ3v) is 5.59. The molecule has 0 aliphatic heterocycles. The van der Waals surface area contributed by atoms with Gasteiger partial charge >= 0.3 is 5.97 Å². The molecule has 12 nitrogen and oxygen atoms in total. The van der Waals surface area contributed by atoms with E-state index < -0.39 is 48.7 Å². The number of sulfonamides is 1. The maximum absolute atomic E-state index is 13.3. The summed E-state index contributed by atoms with van der Waals surface area (Å²) < 4.78 is 37.0. The minimum atomic E-state index is -4.57. The van der Waals surface area contributed by atoms with Gasteiger partial charge in [0.15, 0.2) is 0 Å². The van der Waals surface area contributed by atoms with Crippen molar-refractivity contribution < 1.29 is 32.5 Å². The smallest absolute Gasteiger partial charge is 0.326 e. The number of methoxy groups -OCH3 is 1.